The number of aromatic nitrogens is 1. The van der Waals surface area contributed by atoms with Crippen molar-refractivity contribution in [2.75, 3.05) is 4.90 Å². The Kier molecular flexibility index (Phi) is 8.17. The monoisotopic (exact) mass is 778 g/mol. The van der Waals surface area contributed by atoms with Crippen LogP contribution in [0.5, 0.6) is 0 Å². The molecule has 0 aliphatic rings. The number of hydrogen-bond acceptors (Lipinski definition) is 2. The van der Waals surface area contributed by atoms with Gasteiger partial charge in [0.05, 0.1) is 22.4 Å². The summed E-state index contributed by atoms with van der Waals surface area (Å²) in [6.45, 7) is 0. The molecular formula is C58H38N2O. The Hall–Kier alpha value is -8.14. The Balaban J connectivity index is 1.07. The minimum atomic E-state index is 0.884. The summed E-state index contributed by atoms with van der Waals surface area (Å²) >= 11 is 0. The Morgan fingerprint density at radius 3 is 1.70 bits per heavy atom. The van der Waals surface area contributed by atoms with Gasteiger partial charge in [-0.15, -0.1) is 0 Å². The second-order valence-electron chi connectivity index (χ2n) is 15.7. The number of anilines is 3. The van der Waals surface area contributed by atoms with E-state index >= 15 is 0 Å². The fourth-order valence-electron chi connectivity index (χ4n) is 9.38. The normalized spacial score (nSPS) is 11.6. The number of hydrogen-bond donors (Lipinski definition) is 0. The van der Waals surface area contributed by atoms with Gasteiger partial charge in [0, 0.05) is 49.6 Å². The molecule has 0 aliphatic heterocycles. The minimum absolute atomic E-state index is 0.884. The van der Waals surface area contributed by atoms with Gasteiger partial charge in [-0.25, -0.2) is 0 Å². The molecule has 0 aliphatic carbocycles. The molecule has 3 nitrogen and oxygen atoms in total. The third kappa shape index (κ3) is 5.82. The molecule has 61 heavy (non-hydrogen) atoms. The molecular weight excluding hydrogens is 741 g/mol. The average molecular weight is 779 g/mol. The summed E-state index contributed by atoms with van der Waals surface area (Å²) < 4.78 is 9.08. The van der Waals surface area contributed by atoms with E-state index < -0.39 is 0 Å². The summed E-state index contributed by atoms with van der Waals surface area (Å²) in [6, 6.07) is 83.0. The van der Waals surface area contributed by atoms with Crippen LogP contribution in [0.1, 0.15) is 0 Å². The maximum atomic E-state index is 6.66. The van der Waals surface area contributed by atoms with Gasteiger partial charge in [0.1, 0.15) is 11.2 Å². The number of para-hydroxylation sites is 6. The summed E-state index contributed by atoms with van der Waals surface area (Å²) in [5.74, 6) is 0. The van der Waals surface area contributed by atoms with Gasteiger partial charge in [-0.3, -0.25) is 0 Å². The molecule has 0 atom stereocenters. The van der Waals surface area contributed by atoms with Crippen LogP contribution in [0.3, 0.4) is 0 Å². The standard InChI is InChI=1S/C58H38N2O/c1-2-17-40-36-42(35-34-39(40)16-1)41-18-13-20-44(37-41)59(54-30-9-6-25-49(54)51-27-15-28-52-50-26-7-12-33-57(50)61-58(51)52)45-21-14-19-43(38-45)46-22-3-8-29-53(46)60-55-31-10-4-23-47(55)48-24-5-11-32-56(48)60/h1-38H. The van der Waals surface area contributed by atoms with E-state index in [9.17, 15) is 0 Å². The maximum absolute atomic E-state index is 6.66. The van der Waals surface area contributed by atoms with Crippen molar-refractivity contribution >= 4 is 71.6 Å². The molecule has 2 aromatic heterocycles. The van der Waals surface area contributed by atoms with Crippen molar-refractivity contribution in [3.63, 3.8) is 0 Å². The second kappa shape index (κ2) is 14.3. The first-order valence-corrected chi connectivity index (χ1v) is 20.8. The molecule has 0 bridgehead atoms. The highest BCUT2D eigenvalue weighted by atomic mass is 16.3. The van der Waals surface area contributed by atoms with Crippen molar-refractivity contribution in [2.45, 2.75) is 0 Å². The first kappa shape index (κ1) is 34.9. The number of fused-ring (bicyclic) bond motifs is 7. The Morgan fingerprint density at radius 1 is 0.344 bits per heavy atom. The van der Waals surface area contributed by atoms with Crippen LogP contribution < -0.4 is 4.90 Å². The molecule has 12 rings (SSSR count). The molecule has 0 N–H and O–H groups in total. The number of rotatable bonds is 7. The van der Waals surface area contributed by atoms with E-state index in [2.05, 4.69) is 234 Å². The fraction of sp³-hybridized carbons (Fsp3) is 0. The summed E-state index contributed by atoms with van der Waals surface area (Å²) in [5, 5.41) is 7.17. The topological polar surface area (TPSA) is 21.3 Å². The predicted octanol–water partition coefficient (Wildman–Crippen LogP) is 16.3. The zero-order valence-electron chi connectivity index (χ0n) is 33.2. The van der Waals surface area contributed by atoms with E-state index in [0.29, 0.717) is 0 Å². The lowest BCUT2D eigenvalue weighted by Crippen LogP contribution is -2.11. The molecule has 3 heteroatoms. The first-order chi connectivity index (χ1) is 30.3. The highest BCUT2D eigenvalue weighted by Crippen LogP contribution is 2.46. The number of furan rings is 1. The lowest BCUT2D eigenvalue weighted by molar-refractivity contribution is 0.670. The Morgan fingerprint density at radius 2 is 0.902 bits per heavy atom. The van der Waals surface area contributed by atoms with Crippen LogP contribution in [0.4, 0.5) is 17.1 Å². The average Bonchev–Trinajstić information content (AvgIpc) is 3.88. The van der Waals surface area contributed by atoms with E-state index in [0.717, 1.165) is 72.5 Å². The summed E-state index contributed by atoms with van der Waals surface area (Å²) in [5.41, 5.74) is 15.2. The Bertz CT molecular complexity index is 3570. The molecule has 10 aromatic carbocycles. The van der Waals surface area contributed by atoms with Crippen molar-refractivity contribution in [3.05, 3.63) is 231 Å². The molecule has 0 fully saturated rings. The zero-order chi connectivity index (χ0) is 40.3. The van der Waals surface area contributed by atoms with Crippen molar-refractivity contribution in [2.24, 2.45) is 0 Å². The predicted molar refractivity (Wildman–Crippen MR) is 257 cm³/mol. The molecule has 2 heterocycles. The van der Waals surface area contributed by atoms with Crippen LogP contribution in [0.2, 0.25) is 0 Å². The second-order valence-corrected chi connectivity index (χ2v) is 15.7. The zero-order valence-corrected chi connectivity index (χ0v) is 33.2. The van der Waals surface area contributed by atoms with Crippen LogP contribution in [0.25, 0.3) is 93.6 Å². The smallest absolute Gasteiger partial charge is 0.143 e. The molecule has 0 radical (unpaired) electrons. The van der Waals surface area contributed by atoms with Gasteiger partial charge in [0.2, 0.25) is 0 Å². The van der Waals surface area contributed by atoms with Crippen LogP contribution in [0.15, 0.2) is 235 Å². The lowest BCUT2D eigenvalue weighted by Gasteiger charge is -2.29. The fourth-order valence-corrected chi connectivity index (χ4v) is 9.38. The SMILES string of the molecule is c1cc(-c2ccc3ccccc3c2)cc(N(c2cccc(-c3ccccc3-n3c4ccccc4c4ccccc43)c2)c2ccccc2-c2cccc3c2oc2ccccc23)c1. The van der Waals surface area contributed by atoms with Crippen LogP contribution >= 0.6 is 0 Å². The highest BCUT2D eigenvalue weighted by Gasteiger charge is 2.22. The molecule has 0 saturated heterocycles. The number of benzene rings is 10. The van der Waals surface area contributed by atoms with Crippen molar-refractivity contribution in [1.29, 1.82) is 0 Å². The first-order valence-electron chi connectivity index (χ1n) is 20.8. The highest BCUT2D eigenvalue weighted by molar-refractivity contribution is 6.11. The van der Waals surface area contributed by atoms with Crippen molar-refractivity contribution < 1.29 is 4.42 Å². The molecule has 0 spiro atoms. The van der Waals surface area contributed by atoms with E-state index in [-0.39, 0.29) is 0 Å². The van der Waals surface area contributed by atoms with Gasteiger partial charge in [-0.1, -0.05) is 170 Å². The third-order valence-electron chi connectivity index (χ3n) is 12.2. The van der Waals surface area contributed by atoms with Crippen LogP contribution in [-0.2, 0) is 0 Å². The van der Waals surface area contributed by atoms with E-state index in [4.69, 9.17) is 4.42 Å². The molecule has 0 amide bonds. The minimum Gasteiger partial charge on any atom is -0.455 e. The van der Waals surface area contributed by atoms with Gasteiger partial charge in [-0.2, -0.15) is 0 Å². The van der Waals surface area contributed by atoms with Gasteiger partial charge >= 0.3 is 0 Å². The molecule has 0 saturated carbocycles. The molecule has 286 valence electrons. The van der Waals surface area contributed by atoms with Crippen LogP contribution in [-0.4, -0.2) is 4.57 Å². The largest absolute Gasteiger partial charge is 0.455 e. The van der Waals surface area contributed by atoms with E-state index in [1.807, 2.05) is 6.07 Å². The van der Waals surface area contributed by atoms with Gasteiger partial charge in [0.15, 0.2) is 0 Å². The van der Waals surface area contributed by atoms with Crippen molar-refractivity contribution in [3.8, 4) is 39.1 Å². The Labute approximate surface area is 353 Å². The van der Waals surface area contributed by atoms with Gasteiger partial charge < -0.3 is 13.9 Å². The quantitative estimate of drug-likeness (QED) is 0.161. The van der Waals surface area contributed by atoms with Gasteiger partial charge in [0.25, 0.3) is 0 Å². The summed E-state index contributed by atoms with van der Waals surface area (Å²) in [4.78, 5) is 2.41. The number of nitrogens with zero attached hydrogens (tertiary/aromatic N) is 2. The van der Waals surface area contributed by atoms with E-state index in [1.165, 1.54) is 38.1 Å². The van der Waals surface area contributed by atoms with Gasteiger partial charge in [-0.05, 0) is 88.1 Å². The molecule has 12 aromatic rings. The third-order valence-corrected chi connectivity index (χ3v) is 12.2. The summed E-state index contributed by atoms with van der Waals surface area (Å²) in [7, 11) is 0. The lowest BCUT2D eigenvalue weighted by atomic mass is 9.97. The van der Waals surface area contributed by atoms with Crippen LogP contribution in [0, 0.1) is 0 Å². The maximum Gasteiger partial charge on any atom is 0.143 e. The summed E-state index contributed by atoms with van der Waals surface area (Å²) in [6.07, 6.45) is 0. The molecule has 0 unspecified atom stereocenters. The van der Waals surface area contributed by atoms with E-state index in [1.54, 1.807) is 0 Å². The van der Waals surface area contributed by atoms with Crippen molar-refractivity contribution in [1.82, 2.24) is 4.57 Å².